The zero-order valence-electron chi connectivity index (χ0n) is 12.7. The second kappa shape index (κ2) is 6.31. The fraction of sp³-hybridized carbons (Fsp3) is 0.667. The van der Waals surface area contributed by atoms with Crippen molar-refractivity contribution in [1.29, 1.82) is 0 Å². The Bertz CT molecular complexity index is 416. The lowest BCUT2D eigenvalue weighted by molar-refractivity contribution is 0.293. The van der Waals surface area contributed by atoms with E-state index in [9.17, 15) is 0 Å². The van der Waals surface area contributed by atoms with E-state index in [2.05, 4.69) is 45.9 Å². The van der Waals surface area contributed by atoms with Crippen molar-refractivity contribution in [2.75, 3.05) is 0 Å². The van der Waals surface area contributed by atoms with Gasteiger partial charge in [-0.3, -0.25) is 0 Å². The molecular weight excluding hydrogens is 252 g/mol. The summed E-state index contributed by atoms with van der Waals surface area (Å²) in [7, 11) is 0. The topological polar surface area (TPSA) is 0 Å². The summed E-state index contributed by atoms with van der Waals surface area (Å²) < 4.78 is 0. The molecule has 0 aromatic heterocycles. The molecule has 1 aliphatic rings. The van der Waals surface area contributed by atoms with Gasteiger partial charge >= 0.3 is 0 Å². The molecule has 0 radical (unpaired) electrons. The van der Waals surface area contributed by atoms with Gasteiger partial charge in [-0.1, -0.05) is 65.2 Å². The summed E-state index contributed by atoms with van der Waals surface area (Å²) in [6.45, 7) is 9.06. The van der Waals surface area contributed by atoms with E-state index in [4.69, 9.17) is 11.6 Å². The van der Waals surface area contributed by atoms with Gasteiger partial charge in [-0.2, -0.15) is 0 Å². The highest BCUT2D eigenvalue weighted by Gasteiger charge is 2.24. The fourth-order valence-corrected chi connectivity index (χ4v) is 3.34. The van der Waals surface area contributed by atoms with Crippen molar-refractivity contribution < 1.29 is 0 Å². The molecule has 1 aromatic carbocycles. The molecule has 1 unspecified atom stereocenters. The van der Waals surface area contributed by atoms with E-state index in [1.807, 2.05) is 0 Å². The van der Waals surface area contributed by atoms with Crippen molar-refractivity contribution in [2.24, 2.45) is 5.92 Å². The van der Waals surface area contributed by atoms with Crippen molar-refractivity contribution in [3.8, 4) is 0 Å². The van der Waals surface area contributed by atoms with Gasteiger partial charge in [0.25, 0.3) is 0 Å². The van der Waals surface area contributed by atoms with Gasteiger partial charge in [0, 0.05) is 0 Å². The molecule has 0 saturated heterocycles. The first kappa shape index (κ1) is 14.9. The van der Waals surface area contributed by atoms with Crippen LogP contribution in [0.2, 0.25) is 0 Å². The first-order chi connectivity index (χ1) is 8.99. The van der Waals surface area contributed by atoms with Gasteiger partial charge in [-0.25, -0.2) is 0 Å². The SMILES string of the molecule is CC(C)c1ccc(C(Cl)CC2CCC2)c(C(C)C)c1. The van der Waals surface area contributed by atoms with Crippen molar-refractivity contribution in [3.63, 3.8) is 0 Å². The van der Waals surface area contributed by atoms with Crippen LogP contribution in [-0.2, 0) is 0 Å². The van der Waals surface area contributed by atoms with Crippen LogP contribution in [0.5, 0.6) is 0 Å². The van der Waals surface area contributed by atoms with Gasteiger partial charge in [0.2, 0.25) is 0 Å². The molecule has 0 amide bonds. The third kappa shape index (κ3) is 3.54. The molecular formula is C18H27Cl. The minimum absolute atomic E-state index is 0.198. The van der Waals surface area contributed by atoms with Crippen molar-refractivity contribution in [2.45, 2.75) is 70.6 Å². The zero-order chi connectivity index (χ0) is 14.0. The maximum atomic E-state index is 6.69. The third-order valence-electron chi connectivity index (χ3n) is 4.50. The van der Waals surface area contributed by atoms with Crippen molar-refractivity contribution in [1.82, 2.24) is 0 Å². The normalized spacial score (nSPS) is 17.8. The van der Waals surface area contributed by atoms with Crippen LogP contribution in [0.1, 0.15) is 87.3 Å². The molecule has 106 valence electrons. The van der Waals surface area contributed by atoms with Gasteiger partial charge in [-0.05, 0) is 40.9 Å². The summed E-state index contributed by atoms with van der Waals surface area (Å²) in [6, 6.07) is 6.92. The molecule has 19 heavy (non-hydrogen) atoms. The summed E-state index contributed by atoms with van der Waals surface area (Å²) in [4.78, 5) is 0. The lowest BCUT2D eigenvalue weighted by Crippen LogP contribution is -2.14. The molecule has 2 rings (SSSR count). The fourth-order valence-electron chi connectivity index (χ4n) is 2.89. The highest BCUT2D eigenvalue weighted by molar-refractivity contribution is 6.20. The van der Waals surface area contributed by atoms with Crippen LogP contribution in [0.25, 0.3) is 0 Å². The summed E-state index contributed by atoms with van der Waals surface area (Å²) in [5, 5.41) is 0.198. The Labute approximate surface area is 123 Å². The second-order valence-electron chi connectivity index (χ2n) is 6.70. The lowest BCUT2D eigenvalue weighted by Gasteiger charge is -2.29. The van der Waals surface area contributed by atoms with Gasteiger partial charge in [0.05, 0.1) is 5.38 Å². The van der Waals surface area contributed by atoms with Crippen molar-refractivity contribution in [3.05, 3.63) is 34.9 Å². The highest BCUT2D eigenvalue weighted by atomic mass is 35.5. The Morgan fingerprint density at radius 3 is 2.21 bits per heavy atom. The maximum absolute atomic E-state index is 6.69. The Balaban J connectivity index is 2.22. The predicted octanol–water partition coefficient (Wildman–Crippen LogP) is 6.40. The zero-order valence-corrected chi connectivity index (χ0v) is 13.5. The summed E-state index contributed by atoms with van der Waals surface area (Å²) in [5.74, 6) is 2.01. The molecule has 0 bridgehead atoms. The summed E-state index contributed by atoms with van der Waals surface area (Å²) >= 11 is 6.69. The van der Waals surface area contributed by atoms with Gasteiger partial charge < -0.3 is 0 Å². The van der Waals surface area contributed by atoms with Crippen LogP contribution in [0, 0.1) is 5.92 Å². The van der Waals surface area contributed by atoms with Gasteiger partial charge in [-0.15, -0.1) is 11.6 Å². The molecule has 1 aliphatic carbocycles. The minimum atomic E-state index is 0.198. The second-order valence-corrected chi connectivity index (χ2v) is 7.22. The largest absolute Gasteiger partial charge is 0.118 e. The standard InChI is InChI=1S/C18H27Cl/c1-12(2)15-8-9-16(17(11-15)13(3)4)18(19)10-14-6-5-7-14/h8-9,11-14,18H,5-7,10H2,1-4H3. The number of rotatable bonds is 5. The van der Waals surface area contributed by atoms with Gasteiger partial charge in [0.1, 0.15) is 0 Å². The van der Waals surface area contributed by atoms with Crippen LogP contribution < -0.4 is 0 Å². The Kier molecular flexibility index (Phi) is 4.95. The minimum Gasteiger partial charge on any atom is -0.118 e. The van der Waals surface area contributed by atoms with E-state index in [1.54, 1.807) is 0 Å². The molecule has 1 fully saturated rings. The smallest absolute Gasteiger partial charge is 0.0590 e. The first-order valence-electron chi connectivity index (χ1n) is 7.76. The quantitative estimate of drug-likeness (QED) is 0.546. The monoisotopic (exact) mass is 278 g/mol. The Morgan fingerprint density at radius 1 is 1.05 bits per heavy atom. The van der Waals surface area contributed by atoms with Crippen LogP contribution in [-0.4, -0.2) is 0 Å². The number of alkyl halides is 1. The molecule has 1 atom stereocenters. The number of hydrogen-bond acceptors (Lipinski definition) is 0. The van der Waals surface area contributed by atoms with Crippen LogP contribution >= 0.6 is 11.6 Å². The summed E-state index contributed by atoms with van der Waals surface area (Å²) in [5.41, 5.74) is 4.25. The van der Waals surface area contributed by atoms with E-state index in [1.165, 1.54) is 36.0 Å². The molecule has 0 nitrogen and oxygen atoms in total. The first-order valence-corrected chi connectivity index (χ1v) is 8.20. The average Bonchev–Trinajstić information content (AvgIpc) is 2.32. The van der Waals surface area contributed by atoms with E-state index in [0.29, 0.717) is 11.8 Å². The number of benzene rings is 1. The third-order valence-corrected chi connectivity index (χ3v) is 4.92. The van der Waals surface area contributed by atoms with Gasteiger partial charge in [0.15, 0.2) is 0 Å². The van der Waals surface area contributed by atoms with E-state index < -0.39 is 0 Å². The van der Waals surface area contributed by atoms with E-state index in [-0.39, 0.29) is 5.38 Å². The molecule has 0 aliphatic heterocycles. The number of halogens is 1. The van der Waals surface area contributed by atoms with Crippen LogP contribution in [0.15, 0.2) is 18.2 Å². The highest BCUT2D eigenvalue weighted by Crippen LogP contribution is 2.40. The molecule has 1 heteroatoms. The van der Waals surface area contributed by atoms with Crippen LogP contribution in [0.4, 0.5) is 0 Å². The maximum Gasteiger partial charge on any atom is 0.0590 e. The molecule has 0 heterocycles. The average molecular weight is 279 g/mol. The Hall–Kier alpha value is -0.490. The van der Waals surface area contributed by atoms with Crippen LogP contribution in [0.3, 0.4) is 0 Å². The molecule has 0 N–H and O–H groups in total. The van der Waals surface area contributed by atoms with E-state index >= 15 is 0 Å². The molecule has 1 aromatic rings. The lowest BCUT2D eigenvalue weighted by atomic mass is 9.80. The Morgan fingerprint density at radius 2 is 1.74 bits per heavy atom. The van der Waals surface area contributed by atoms with E-state index in [0.717, 1.165) is 12.3 Å². The molecule has 0 spiro atoms. The molecule has 1 saturated carbocycles. The van der Waals surface area contributed by atoms with Crippen molar-refractivity contribution >= 4 is 11.6 Å². The summed E-state index contributed by atoms with van der Waals surface area (Å²) in [6.07, 6.45) is 5.31. The predicted molar refractivity (Wildman–Crippen MR) is 85.2 cm³/mol. The number of hydrogen-bond donors (Lipinski definition) is 0.